The smallest absolute Gasteiger partial charge is 0.0625 e. The Morgan fingerprint density at radius 3 is 1.75 bits per heavy atom. The number of anilines is 3. The highest BCUT2D eigenvalue weighted by Gasteiger charge is 2.35. The highest BCUT2D eigenvalue weighted by Crippen LogP contribution is 2.51. The van der Waals surface area contributed by atoms with Gasteiger partial charge in [-0.1, -0.05) is 166 Å². The van der Waals surface area contributed by atoms with Crippen molar-refractivity contribution < 1.29 is 0 Å². The molecular formula is C55H40N2. The van der Waals surface area contributed by atoms with Crippen molar-refractivity contribution in [1.29, 1.82) is 0 Å². The van der Waals surface area contributed by atoms with Gasteiger partial charge < -0.3 is 9.47 Å². The number of rotatable bonds is 6. The van der Waals surface area contributed by atoms with E-state index in [1.807, 2.05) is 0 Å². The molecule has 0 spiro atoms. The molecule has 0 amide bonds. The molecule has 0 atom stereocenters. The molecule has 0 fully saturated rings. The maximum atomic E-state index is 2.50. The molecule has 2 nitrogen and oxygen atoms in total. The lowest BCUT2D eigenvalue weighted by atomic mass is 9.82. The first-order valence-corrected chi connectivity index (χ1v) is 19.9. The van der Waals surface area contributed by atoms with Crippen molar-refractivity contribution in [3.8, 4) is 39.1 Å². The first kappa shape index (κ1) is 33.2. The lowest BCUT2D eigenvalue weighted by Crippen LogP contribution is -2.16. The topological polar surface area (TPSA) is 8.17 Å². The van der Waals surface area contributed by atoms with Crippen LogP contribution in [0.15, 0.2) is 206 Å². The standard InChI is InChI=1S/C55H40N2/c1-55(2)50-28-15-14-25-46(50)47-34-33-43(36-51(47)55)56(40-20-8-4-9-21-40)42-31-29-38(30-32-42)49-35-39-19-12-13-24-45(39)54-52(49)48-27-16-26-44(37-17-6-3-7-18-37)53(48)57(54)41-22-10-5-11-23-41/h3-36H,1-2H3. The Bertz CT molecular complexity index is 3120. The van der Waals surface area contributed by atoms with Crippen LogP contribution in [0.2, 0.25) is 0 Å². The number of nitrogens with zero attached hydrogens (tertiary/aromatic N) is 2. The van der Waals surface area contributed by atoms with Crippen LogP contribution in [-0.4, -0.2) is 4.57 Å². The zero-order valence-electron chi connectivity index (χ0n) is 32.0. The lowest BCUT2D eigenvalue weighted by molar-refractivity contribution is 0.660. The second kappa shape index (κ2) is 13.0. The van der Waals surface area contributed by atoms with Gasteiger partial charge in [-0.05, 0) is 98.9 Å². The summed E-state index contributed by atoms with van der Waals surface area (Å²) in [6, 6.07) is 75.5. The molecule has 1 aliphatic rings. The minimum atomic E-state index is -0.0884. The van der Waals surface area contributed by atoms with Crippen molar-refractivity contribution in [3.63, 3.8) is 0 Å². The Morgan fingerprint density at radius 1 is 0.386 bits per heavy atom. The monoisotopic (exact) mass is 728 g/mol. The van der Waals surface area contributed by atoms with E-state index in [1.165, 1.54) is 77.1 Å². The van der Waals surface area contributed by atoms with Crippen LogP contribution in [0.1, 0.15) is 25.0 Å². The first-order chi connectivity index (χ1) is 28.1. The summed E-state index contributed by atoms with van der Waals surface area (Å²) >= 11 is 0. The highest BCUT2D eigenvalue weighted by molar-refractivity contribution is 6.26. The third-order valence-electron chi connectivity index (χ3n) is 12.1. The van der Waals surface area contributed by atoms with E-state index in [1.54, 1.807) is 0 Å². The Hall–Kier alpha value is -7.16. The van der Waals surface area contributed by atoms with Gasteiger partial charge in [-0.3, -0.25) is 0 Å². The third kappa shape index (κ3) is 5.18. The fourth-order valence-electron chi connectivity index (χ4n) is 9.49. The fourth-order valence-corrected chi connectivity index (χ4v) is 9.49. The number of aromatic nitrogens is 1. The van der Waals surface area contributed by atoms with Crippen LogP contribution >= 0.6 is 0 Å². The summed E-state index contributed by atoms with van der Waals surface area (Å²) in [5, 5.41) is 4.97. The van der Waals surface area contributed by atoms with E-state index >= 15 is 0 Å². The van der Waals surface area contributed by atoms with Crippen LogP contribution in [0.4, 0.5) is 17.1 Å². The molecule has 9 aromatic carbocycles. The summed E-state index contributed by atoms with van der Waals surface area (Å²) in [5.41, 5.74) is 17.2. The van der Waals surface area contributed by atoms with Crippen LogP contribution in [0.3, 0.4) is 0 Å². The number of hydrogen-bond donors (Lipinski definition) is 0. The van der Waals surface area contributed by atoms with Crippen molar-refractivity contribution in [2.75, 3.05) is 4.90 Å². The number of hydrogen-bond acceptors (Lipinski definition) is 1. The van der Waals surface area contributed by atoms with Crippen molar-refractivity contribution in [2.45, 2.75) is 19.3 Å². The Labute approximate surface area is 333 Å². The summed E-state index contributed by atoms with van der Waals surface area (Å²) < 4.78 is 2.50. The maximum Gasteiger partial charge on any atom is 0.0625 e. The Kier molecular flexibility index (Phi) is 7.55. The van der Waals surface area contributed by atoms with Crippen molar-refractivity contribution in [1.82, 2.24) is 4.57 Å². The molecule has 10 aromatic rings. The minimum Gasteiger partial charge on any atom is -0.310 e. The largest absolute Gasteiger partial charge is 0.310 e. The van der Waals surface area contributed by atoms with Crippen molar-refractivity contribution >= 4 is 49.6 Å². The second-order valence-electron chi connectivity index (χ2n) is 15.7. The van der Waals surface area contributed by atoms with Crippen LogP contribution in [0, 0.1) is 0 Å². The van der Waals surface area contributed by atoms with E-state index in [9.17, 15) is 0 Å². The van der Waals surface area contributed by atoms with Gasteiger partial charge in [-0.2, -0.15) is 0 Å². The molecule has 11 rings (SSSR count). The van der Waals surface area contributed by atoms with Gasteiger partial charge >= 0.3 is 0 Å². The molecule has 57 heavy (non-hydrogen) atoms. The minimum absolute atomic E-state index is 0.0884. The van der Waals surface area contributed by atoms with Gasteiger partial charge in [0, 0.05) is 49.9 Å². The normalized spacial score (nSPS) is 12.9. The van der Waals surface area contributed by atoms with Crippen LogP contribution < -0.4 is 4.90 Å². The van der Waals surface area contributed by atoms with E-state index in [-0.39, 0.29) is 5.41 Å². The zero-order valence-corrected chi connectivity index (χ0v) is 32.0. The molecule has 1 heterocycles. The highest BCUT2D eigenvalue weighted by atomic mass is 15.1. The van der Waals surface area contributed by atoms with Gasteiger partial charge in [0.2, 0.25) is 0 Å². The van der Waals surface area contributed by atoms with Gasteiger partial charge in [0.15, 0.2) is 0 Å². The van der Waals surface area contributed by atoms with Crippen molar-refractivity contribution in [2.24, 2.45) is 0 Å². The van der Waals surface area contributed by atoms with Crippen molar-refractivity contribution in [3.05, 3.63) is 217 Å². The van der Waals surface area contributed by atoms with E-state index in [0.717, 1.165) is 22.7 Å². The zero-order chi connectivity index (χ0) is 38.1. The van der Waals surface area contributed by atoms with E-state index in [0.29, 0.717) is 0 Å². The summed E-state index contributed by atoms with van der Waals surface area (Å²) in [4.78, 5) is 2.40. The van der Waals surface area contributed by atoms with Gasteiger partial charge in [-0.25, -0.2) is 0 Å². The SMILES string of the molecule is CC1(C)c2ccccc2-c2ccc(N(c3ccccc3)c3ccc(-c4cc5ccccc5c5c4c4cccc(-c6ccccc6)c4n5-c4ccccc4)cc3)cc21. The predicted octanol–water partition coefficient (Wildman–Crippen LogP) is 15.0. The molecule has 1 aromatic heterocycles. The predicted molar refractivity (Wildman–Crippen MR) is 241 cm³/mol. The molecule has 1 aliphatic carbocycles. The molecular weight excluding hydrogens is 689 g/mol. The lowest BCUT2D eigenvalue weighted by Gasteiger charge is -2.28. The van der Waals surface area contributed by atoms with Crippen LogP contribution in [0.25, 0.3) is 71.6 Å². The third-order valence-corrected chi connectivity index (χ3v) is 12.1. The van der Waals surface area contributed by atoms with E-state index < -0.39 is 0 Å². The Balaban J connectivity index is 1.13. The summed E-state index contributed by atoms with van der Waals surface area (Å²) in [6.45, 7) is 4.70. The molecule has 0 radical (unpaired) electrons. The first-order valence-electron chi connectivity index (χ1n) is 19.9. The maximum absolute atomic E-state index is 2.50. The van der Waals surface area contributed by atoms with Crippen LogP contribution in [0.5, 0.6) is 0 Å². The average molecular weight is 729 g/mol. The second-order valence-corrected chi connectivity index (χ2v) is 15.7. The molecule has 2 heteroatoms. The molecule has 0 unspecified atom stereocenters. The Morgan fingerprint density at radius 2 is 0.965 bits per heavy atom. The van der Waals surface area contributed by atoms with Gasteiger partial charge in [0.05, 0.1) is 11.0 Å². The molecule has 0 N–H and O–H groups in total. The molecule has 270 valence electrons. The number of para-hydroxylation sites is 3. The molecule has 0 saturated carbocycles. The summed E-state index contributed by atoms with van der Waals surface area (Å²) in [5.74, 6) is 0. The quantitative estimate of drug-likeness (QED) is 0.165. The molecule has 0 aliphatic heterocycles. The number of fused-ring (bicyclic) bond motifs is 8. The molecule has 0 bridgehead atoms. The van der Waals surface area contributed by atoms with Gasteiger partial charge in [-0.15, -0.1) is 0 Å². The molecule has 0 saturated heterocycles. The van der Waals surface area contributed by atoms with Gasteiger partial charge in [0.25, 0.3) is 0 Å². The van der Waals surface area contributed by atoms with E-state index in [2.05, 4.69) is 230 Å². The summed E-state index contributed by atoms with van der Waals surface area (Å²) in [6.07, 6.45) is 0. The average Bonchev–Trinajstić information content (AvgIpc) is 3.74. The number of benzene rings is 9. The van der Waals surface area contributed by atoms with E-state index in [4.69, 9.17) is 0 Å². The summed E-state index contributed by atoms with van der Waals surface area (Å²) in [7, 11) is 0. The fraction of sp³-hybridized carbons (Fsp3) is 0.0545. The van der Waals surface area contributed by atoms with Crippen LogP contribution in [-0.2, 0) is 5.41 Å². The van der Waals surface area contributed by atoms with Gasteiger partial charge in [0.1, 0.15) is 0 Å².